The SMILES string of the molecule is COc1c([C@H]2[C@H](C(=O)Nc3ccnc(C(N)=O)c3)O[C@@](C)(C(F)(F)F)[C@H]2C)ccc(O)c1F. The van der Waals surface area contributed by atoms with Gasteiger partial charge in [0.2, 0.25) is 5.82 Å². The zero-order chi connectivity index (χ0) is 24.7. The average Bonchev–Trinajstić information content (AvgIpc) is 3.02. The lowest BCUT2D eigenvalue weighted by Crippen LogP contribution is -2.47. The van der Waals surface area contributed by atoms with Crippen molar-refractivity contribution >= 4 is 17.5 Å². The maximum absolute atomic E-state index is 14.5. The number of alkyl halides is 3. The van der Waals surface area contributed by atoms with Crippen LogP contribution < -0.4 is 15.8 Å². The first-order chi connectivity index (χ1) is 15.3. The summed E-state index contributed by atoms with van der Waals surface area (Å²) in [4.78, 5) is 28.1. The molecule has 12 heteroatoms. The quantitative estimate of drug-likeness (QED) is 0.576. The highest BCUT2D eigenvalue weighted by molar-refractivity contribution is 5.97. The smallest absolute Gasteiger partial charge is 0.417 e. The van der Waals surface area contributed by atoms with Crippen LogP contribution in [0.2, 0.25) is 0 Å². The number of halogens is 4. The van der Waals surface area contributed by atoms with E-state index in [0.29, 0.717) is 0 Å². The van der Waals surface area contributed by atoms with Crippen LogP contribution in [-0.4, -0.2) is 46.9 Å². The molecule has 33 heavy (non-hydrogen) atoms. The number of nitrogens with one attached hydrogen (secondary N) is 1. The topological polar surface area (TPSA) is 124 Å². The van der Waals surface area contributed by atoms with E-state index in [-0.39, 0.29) is 16.9 Å². The first-order valence-electron chi connectivity index (χ1n) is 9.68. The van der Waals surface area contributed by atoms with E-state index in [1.54, 1.807) is 0 Å². The Morgan fingerprint density at radius 3 is 2.55 bits per heavy atom. The lowest BCUT2D eigenvalue weighted by molar-refractivity contribution is -0.272. The first-order valence-corrected chi connectivity index (χ1v) is 9.68. The number of phenols is 1. The molecular formula is C21H21F4N3O5. The molecule has 8 nitrogen and oxygen atoms in total. The van der Waals surface area contributed by atoms with Gasteiger partial charge in [-0.15, -0.1) is 0 Å². The number of carbonyl (C=O) groups is 2. The van der Waals surface area contributed by atoms with E-state index in [9.17, 15) is 32.3 Å². The number of aromatic hydroxyl groups is 1. The highest BCUT2D eigenvalue weighted by Gasteiger charge is 2.65. The highest BCUT2D eigenvalue weighted by Crippen LogP contribution is 2.55. The van der Waals surface area contributed by atoms with Crippen LogP contribution in [0.25, 0.3) is 0 Å². The van der Waals surface area contributed by atoms with Gasteiger partial charge in [0.25, 0.3) is 11.8 Å². The molecule has 3 rings (SSSR count). The fourth-order valence-electron chi connectivity index (χ4n) is 3.91. The van der Waals surface area contributed by atoms with Gasteiger partial charge < -0.3 is 25.6 Å². The second-order valence-corrected chi connectivity index (χ2v) is 7.76. The predicted octanol–water partition coefficient (Wildman–Crippen LogP) is 3.11. The van der Waals surface area contributed by atoms with Crippen LogP contribution in [0.15, 0.2) is 30.5 Å². The molecule has 0 saturated carbocycles. The van der Waals surface area contributed by atoms with Crippen molar-refractivity contribution in [3.8, 4) is 11.5 Å². The number of methoxy groups -OCH3 is 1. The summed E-state index contributed by atoms with van der Waals surface area (Å²) in [5.41, 5.74) is 2.19. The lowest BCUT2D eigenvalue weighted by atomic mass is 9.77. The molecule has 1 aliphatic rings. The molecule has 4 atom stereocenters. The van der Waals surface area contributed by atoms with Gasteiger partial charge in [-0.1, -0.05) is 13.0 Å². The molecule has 2 amide bonds. The molecule has 1 saturated heterocycles. The Hall–Kier alpha value is -3.41. The summed E-state index contributed by atoms with van der Waals surface area (Å²) in [7, 11) is 1.09. The summed E-state index contributed by atoms with van der Waals surface area (Å²) in [6.07, 6.45) is -5.41. The number of nitrogens with two attached hydrogens (primary N) is 1. The number of pyridine rings is 1. The average molecular weight is 471 g/mol. The molecule has 0 unspecified atom stereocenters. The number of aromatic nitrogens is 1. The van der Waals surface area contributed by atoms with Crippen molar-refractivity contribution in [2.45, 2.75) is 37.6 Å². The molecule has 1 aromatic heterocycles. The summed E-state index contributed by atoms with van der Waals surface area (Å²) in [6.45, 7) is 2.03. The zero-order valence-corrected chi connectivity index (χ0v) is 17.7. The molecule has 1 aromatic carbocycles. The minimum Gasteiger partial charge on any atom is -0.505 e. The minimum atomic E-state index is -4.86. The second kappa shape index (κ2) is 8.50. The molecule has 1 fully saturated rings. The first kappa shape index (κ1) is 24.2. The number of rotatable bonds is 5. The van der Waals surface area contributed by atoms with Gasteiger partial charge in [0, 0.05) is 29.3 Å². The summed E-state index contributed by atoms with van der Waals surface area (Å²) in [5.74, 6) is -6.95. The van der Waals surface area contributed by atoms with E-state index >= 15 is 0 Å². The van der Waals surface area contributed by atoms with Crippen LogP contribution >= 0.6 is 0 Å². The third-order valence-corrected chi connectivity index (χ3v) is 5.88. The largest absolute Gasteiger partial charge is 0.505 e. The van der Waals surface area contributed by atoms with Crippen molar-refractivity contribution in [3.63, 3.8) is 0 Å². The number of benzene rings is 1. The van der Waals surface area contributed by atoms with E-state index in [1.165, 1.54) is 25.3 Å². The number of carbonyl (C=O) groups excluding carboxylic acids is 2. The van der Waals surface area contributed by atoms with Crippen molar-refractivity contribution in [3.05, 3.63) is 47.5 Å². The summed E-state index contributed by atoms with van der Waals surface area (Å²) >= 11 is 0. The zero-order valence-electron chi connectivity index (χ0n) is 17.7. The molecule has 2 aromatic rings. The van der Waals surface area contributed by atoms with Crippen LogP contribution in [0.1, 0.15) is 35.8 Å². The number of amides is 2. The third kappa shape index (κ3) is 4.17. The van der Waals surface area contributed by atoms with Crippen molar-refractivity contribution in [1.29, 1.82) is 0 Å². The number of hydrogen-bond donors (Lipinski definition) is 3. The standard InChI is InChI=1S/C21H21F4N3O5/c1-9-14(11-4-5-13(29)15(22)16(11)32-3)17(33-20(9,2)21(23,24)25)19(31)28-10-6-7-27-12(8-10)18(26)30/h4-9,14,17,29H,1-3H3,(H2,26,30)(H,27,28,31)/t9-,14-,17+,20+/m0/s1. The van der Waals surface area contributed by atoms with Crippen LogP contribution in [0.4, 0.5) is 23.2 Å². The number of phenolic OH excluding ortho intramolecular Hbond substituents is 1. The minimum absolute atomic E-state index is 0.0447. The summed E-state index contributed by atoms with van der Waals surface area (Å²) in [5, 5.41) is 12.0. The number of anilines is 1. The monoisotopic (exact) mass is 471 g/mol. The maximum Gasteiger partial charge on any atom is 0.417 e. The molecule has 4 N–H and O–H groups in total. The Morgan fingerprint density at radius 1 is 1.30 bits per heavy atom. The van der Waals surface area contributed by atoms with E-state index in [2.05, 4.69) is 10.3 Å². The van der Waals surface area contributed by atoms with Crippen molar-refractivity contribution in [2.24, 2.45) is 11.7 Å². The lowest BCUT2D eigenvalue weighted by Gasteiger charge is -2.32. The Bertz CT molecular complexity index is 1090. The van der Waals surface area contributed by atoms with Crippen molar-refractivity contribution < 1.29 is 41.7 Å². The van der Waals surface area contributed by atoms with Crippen molar-refractivity contribution in [2.75, 3.05) is 12.4 Å². The van der Waals surface area contributed by atoms with E-state index in [4.69, 9.17) is 15.2 Å². The Morgan fingerprint density at radius 2 is 1.97 bits per heavy atom. The van der Waals surface area contributed by atoms with Crippen LogP contribution in [0.5, 0.6) is 11.5 Å². The summed E-state index contributed by atoms with van der Waals surface area (Å²) in [6, 6.07) is 4.60. The molecule has 178 valence electrons. The Kier molecular flexibility index (Phi) is 6.25. The van der Waals surface area contributed by atoms with Gasteiger partial charge in [-0.25, -0.2) is 0 Å². The molecule has 0 radical (unpaired) electrons. The van der Waals surface area contributed by atoms with Gasteiger partial charge in [-0.2, -0.15) is 17.6 Å². The molecule has 0 aliphatic carbocycles. The third-order valence-electron chi connectivity index (χ3n) is 5.88. The molecule has 0 bridgehead atoms. The summed E-state index contributed by atoms with van der Waals surface area (Å²) < 4.78 is 66.6. The van der Waals surface area contributed by atoms with Gasteiger partial charge in [-0.3, -0.25) is 14.6 Å². The normalized spacial score (nSPS) is 25.0. The molecular weight excluding hydrogens is 450 g/mol. The van der Waals surface area contributed by atoms with E-state index < -0.39 is 58.8 Å². The Balaban J connectivity index is 2.07. The fourth-order valence-corrected chi connectivity index (χ4v) is 3.91. The van der Waals surface area contributed by atoms with Gasteiger partial charge >= 0.3 is 6.18 Å². The predicted molar refractivity (Wildman–Crippen MR) is 107 cm³/mol. The number of ether oxygens (including phenoxy) is 2. The highest BCUT2D eigenvalue weighted by atomic mass is 19.4. The van der Waals surface area contributed by atoms with Gasteiger partial charge in [-0.05, 0) is 25.1 Å². The number of hydrogen-bond acceptors (Lipinski definition) is 6. The van der Waals surface area contributed by atoms with E-state index in [0.717, 1.165) is 26.2 Å². The van der Waals surface area contributed by atoms with Crippen LogP contribution in [0.3, 0.4) is 0 Å². The second-order valence-electron chi connectivity index (χ2n) is 7.76. The van der Waals surface area contributed by atoms with Gasteiger partial charge in [0.15, 0.2) is 17.1 Å². The van der Waals surface area contributed by atoms with Crippen LogP contribution in [-0.2, 0) is 9.53 Å². The Labute approximate surface area is 185 Å². The number of primary amides is 1. The fraction of sp³-hybridized carbons (Fsp3) is 0.381. The van der Waals surface area contributed by atoms with E-state index in [1.807, 2.05) is 0 Å². The number of nitrogens with zero attached hydrogens (tertiary/aromatic N) is 1. The van der Waals surface area contributed by atoms with Gasteiger partial charge in [0.1, 0.15) is 11.8 Å². The maximum atomic E-state index is 14.5. The molecule has 2 heterocycles. The molecule has 1 aliphatic heterocycles. The van der Waals surface area contributed by atoms with Crippen LogP contribution in [0, 0.1) is 11.7 Å². The molecule has 0 spiro atoms. The van der Waals surface area contributed by atoms with Gasteiger partial charge in [0.05, 0.1) is 7.11 Å². The van der Waals surface area contributed by atoms with Crippen molar-refractivity contribution in [1.82, 2.24) is 4.98 Å².